The summed E-state index contributed by atoms with van der Waals surface area (Å²) in [5.41, 5.74) is 6.27. The van der Waals surface area contributed by atoms with Crippen molar-refractivity contribution in [1.82, 2.24) is 0 Å². The summed E-state index contributed by atoms with van der Waals surface area (Å²) in [4.78, 5) is 0.278. The Morgan fingerprint density at radius 3 is 2.48 bits per heavy atom. The predicted molar refractivity (Wildman–Crippen MR) is 90.4 cm³/mol. The van der Waals surface area contributed by atoms with Crippen LogP contribution < -0.4 is 5.73 Å². The van der Waals surface area contributed by atoms with E-state index >= 15 is 0 Å². The zero-order valence-electron chi connectivity index (χ0n) is 12.6. The molecule has 0 bridgehead atoms. The van der Waals surface area contributed by atoms with Crippen LogP contribution in [0.25, 0.3) is 0 Å². The maximum absolute atomic E-state index is 13.0. The Morgan fingerprint density at radius 2 is 1.87 bits per heavy atom. The molecule has 1 aliphatic rings. The van der Waals surface area contributed by atoms with Crippen molar-refractivity contribution in [1.29, 1.82) is 0 Å². The molecule has 0 heterocycles. The lowest BCUT2D eigenvalue weighted by Gasteiger charge is -2.11. The number of benzene rings is 2. The van der Waals surface area contributed by atoms with Crippen molar-refractivity contribution < 1.29 is 13.2 Å². The van der Waals surface area contributed by atoms with E-state index in [4.69, 9.17) is 22.1 Å². The molecule has 0 aromatic heterocycles. The first-order valence-corrected chi connectivity index (χ1v) is 9.16. The summed E-state index contributed by atoms with van der Waals surface area (Å²) in [5, 5.41) is -0.166. The molecule has 0 radical (unpaired) electrons. The van der Waals surface area contributed by atoms with E-state index in [-0.39, 0.29) is 17.4 Å². The molecule has 1 saturated carbocycles. The fourth-order valence-corrected chi connectivity index (χ4v) is 5.77. The molecule has 0 unspecified atom stereocenters. The minimum absolute atomic E-state index is 0.168. The van der Waals surface area contributed by atoms with Gasteiger partial charge in [0.15, 0.2) is 9.84 Å². The molecule has 2 aromatic carbocycles. The van der Waals surface area contributed by atoms with Crippen molar-refractivity contribution in [3.05, 3.63) is 65.2 Å². The van der Waals surface area contributed by atoms with Crippen LogP contribution in [0.15, 0.2) is 59.5 Å². The number of methoxy groups -OCH3 is 1. The van der Waals surface area contributed by atoms with E-state index in [9.17, 15) is 8.42 Å². The van der Waals surface area contributed by atoms with Gasteiger partial charge in [0, 0.05) is 18.1 Å². The summed E-state index contributed by atoms with van der Waals surface area (Å²) in [7, 11) is -2.03. The number of sulfone groups is 1. The first kappa shape index (κ1) is 16.5. The van der Waals surface area contributed by atoms with Crippen LogP contribution >= 0.6 is 11.6 Å². The number of rotatable bonds is 5. The maximum atomic E-state index is 13.0. The molecule has 3 rings (SSSR count). The minimum atomic E-state index is -3.55. The predicted octanol–water partition coefficient (Wildman–Crippen LogP) is 2.62. The molecule has 0 amide bonds. The van der Waals surface area contributed by atoms with Crippen molar-refractivity contribution >= 4 is 21.4 Å². The van der Waals surface area contributed by atoms with Crippen molar-refractivity contribution in [3.63, 3.8) is 0 Å². The average molecular weight is 352 g/mol. The third kappa shape index (κ3) is 2.78. The van der Waals surface area contributed by atoms with Crippen LogP contribution in [0.4, 0.5) is 0 Å². The molecule has 0 spiro atoms. The van der Waals surface area contributed by atoms with Gasteiger partial charge in [0.1, 0.15) is 0 Å². The van der Waals surface area contributed by atoms with Gasteiger partial charge in [-0.3, -0.25) is 0 Å². The second-order valence-electron chi connectivity index (χ2n) is 5.86. The van der Waals surface area contributed by atoms with Gasteiger partial charge in [-0.1, -0.05) is 41.9 Å². The Morgan fingerprint density at radius 1 is 1.17 bits per heavy atom. The quantitative estimate of drug-likeness (QED) is 0.899. The molecular weight excluding hydrogens is 334 g/mol. The number of hydrogen-bond acceptors (Lipinski definition) is 4. The minimum Gasteiger partial charge on any atom is -0.383 e. The normalized spacial score (nSPS) is 26.9. The number of ether oxygens (including phenoxy) is 1. The molecule has 4 nitrogen and oxygen atoms in total. The van der Waals surface area contributed by atoms with E-state index in [1.54, 1.807) is 48.5 Å². The highest BCUT2D eigenvalue weighted by Crippen LogP contribution is 2.55. The largest absolute Gasteiger partial charge is 0.383 e. The summed E-state index contributed by atoms with van der Waals surface area (Å²) in [5.74, 6) is -0.341. The van der Waals surface area contributed by atoms with Gasteiger partial charge in [0.2, 0.25) is 0 Å². The lowest BCUT2D eigenvalue weighted by molar-refractivity contribution is 0.171. The van der Waals surface area contributed by atoms with Gasteiger partial charge >= 0.3 is 0 Å². The van der Waals surface area contributed by atoms with Crippen LogP contribution in [0.3, 0.4) is 0 Å². The smallest absolute Gasteiger partial charge is 0.183 e. The summed E-state index contributed by atoms with van der Waals surface area (Å²) in [6, 6.07) is 15.6. The molecule has 3 atom stereocenters. The highest BCUT2D eigenvalue weighted by Gasteiger charge is 2.69. The van der Waals surface area contributed by atoms with Crippen molar-refractivity contribution in [2.75, 3.05) is 13.7 Å². The van der Waals surface area contributed by atoms with E-state index in [1.165, 1.54) is 7.11 Å². The Kier molecular flexibility index (Phi) is 4.23. The van der Waals surface area contributed by atoms with E-state index in [1.807, 2.05) is 6.07 Å². The second kappa shape index (κ2) is 5.91. The van der Waals surface area contributed by atoms with Crippen molar-refractivity contribution in [2.24, 2.45) is 5.73 Å². The van der Waals surface area contributed by atoms with Gasteiger partial charge in [0.25, 0.3) is 0 Å². The number of hydrogen-bond donors (Lipinski definition) is 1. The van der Waals surface area contributed by atoms with E-state index in [0.29, 0.717) is 5.02 Å². The monoisotopic (exact) mass is 351 g/mol. The van der Waals surface area contributed by atoms with Crippen LogP contribution in [-0.2, 0) is 14.6 Å². The molecule has 23 heavy (non-hydrogen) atoms. The topological polar surface area (TPSA) is 69.4 Å². The van der Waals surface area contributed by atoms with Gasteiger partial charge in [-0.25, -0.2) is 8.42 Å². The van der Waals surface area contributed by atoms with Crippen LogP contribution in [-0.4, -0.2) is 32.9 Å². The lowest BCUT2D eigenvalue weighted by atomic mass is 10.1. The zero-order chi connectivity index (χ0) is 16.7. The van der Waals surface area contributed by atoms with Crippen LogP contribution in [0.2, 0.25) is 5.02 Å². The van der Waals surface area contributed by atoms with Crippen LogP contribution in [0.5, 0.6) is 0 Å². The lowest BCUT2D eigenvalue weighted by Crippen LogP contribution is -2.35. The highest BCUT2D eigenvalue weighted by molar-refractivity contribution is 7.92. The Bertz CT molecular complexity index is 810. The fourth-order valence-electron chi connectivity index (χ4n) is 3.25. The summed E-state index contributed by atoms with van der Waals surface area (Å²) >= 11 is 6.04. The molecule has 122 valence electrons. The molecule has 2 aromatic rings. The molecule has 1 aliphatic carbocycles. The number of halogens is 1. The van der Waals surface area contributed by atoms with Crippen molar-refractivity contribution in [3.8, 4) is 0 Å². The standard InChI is InChI=1S/C17H18ClNO3S/c1-22-11-17(19)15(12-6-5-7-13(18)10-12)16(17)23(20,21)14-8-3-2-4-9-14/h2-10,15-16H,11,19H2,1H3/t15-,16+,17-/m1/s1. The maximum Gasteiger partial charge on any atom is 0.183 e. The molecule has 2 N–H and O–H groups in total. The number of nitrogens with two attached hydrogens (primary N) is 1. The van der Waals surface area contributed by atoms with E-state index in [2.05, 4.69) is 0 Å². The van der Waals surface area contributed by atoms with Gasteiger partial charge in [-0.15, -0.1) is 0 Å². The molecule has 6 heteroatoms. The first-order valence-electron chi connectivity index (χ1n) is 7.23. The molecule has 0 aliphatic heterocycles. The molecule has 0 saturated heterocycles. The van der Waals surface area contributed by atoms with Gasteiger partial charge in [0.05, 0.1) is 22.3 Å². The third-order valence-corrected chi connectivity index (χ3v) is 6.85. The van der Waals surface area contributed by atoms with Gasteiger partial charge in [-0.2, -0.15) is 0 Å². The van der Waals surface area contributed by atoms with E-state index < -0.39 is 20.6 Å². The van der Waals surface area contributed by atoms with Crippen molar-refractivity contribution in [2.45, 2.75) is 21.6 Å². The first-order chi connectivity index (χ1) is 10.9. The summed E-state index contributed by atoms with van der Waals surface area (Å²) in [6.07, 6.45) is 0. The fraction of sp³-hybridized carbons (Fsp3) is 0.294. The Balaban J connectivity index is 2.04. The Hall–Kier alpha value is -1.40. The van der Waals surface area contributed by atoms with Gasteiger partial charge in [-0.05, 0) is 29.8 Å². The Labute approximate surface area is 141 Å². The van der Waals surface area contributed by atoms with Crippen LogP contribution in [0, 0.1) is 0 Å². The SMILES string of the molecule is COC[C@@]1(N)[C@H](c2cccc(Cl)c2)[C@@H]1S(=O)(=O)c1ccccc1. The highest BCUT2D eigenvalue weighted by atomic mass is 35.5. The summed E-state index contributed by atoms with van der Waals surface area (Å²) in [6.45, 7) is 0.168. The van der Waals surface area contributed by atoms with E-state index in [0.717, 1.165) is 5.56 Å². The second-order valence-corrected chi connectivity index (χ2v) is 8.36. The molecular formula is C17H18ClNO3S. The third-order valence-electron chi connectivity index (χ3n) is 4.31. The average Bonchev–Trinajstić information content (AvgIpc) is 3.15. The zero-order valence-corrected chi connectivity index (χ0v) is 14.2. The summed E-state index contributed by atoms with van der Waals surface area (Å²) < 4.78 is 31.2. The molecule has 1 fully saturated rings. The van der Waals surface area contributed by atoms with Gasteiger partial charge < -0.3 is 10.5 Å². The van der Waals surface area contributed by atoms with Crippen LogP contribution in [0.1, 0.15) is 11.5 Å².